The molecule has 1 aromatic rings. The third-order valence-electron chi connectivity index (χ3n) is 3.41. The van der Waals surface area contributed by atoms with Crippen molar-refractivity contribution in [1.29, 1.82) is 0 Å². The summed E-state index contributed by atoms with van der Waals surface area (Å²) in [5.41, 5.74) is 7.02. The van der Waals surface area contributed by atoms with Crippen molar-refractivity contribution in [1.82, 2.24) is 0 Å². The fourth-order valence-corrected chi connectivity index (χ4v) is 2.98. The molecule has 17 heavy (non-hydrogen) atoms. The number of hydrogen-bond acceptors (Lipinski definition) is 4. The van der Waals surface area contributed by atoms with Crippen molar-refractivity contribution >= 4 is 27.6 Å². The fraction of sp³-hybridized carbons (Fsp3) is 0.417. The molecular formula is C12H14BrN3O. The van der Waals surface area contributed by atoms with E-state index < -0.39 is 0 Å². The van der Waals surface area contributed by atoms with Crippen LogP contribution in [0.15, 0.2) is 33.7 Å². The van der Waals surface area contributed by atoms with E-state index >= 15 is 0 Å². The number of nitrogens with two attached hydrogens (primary N) is 1. The van der Waals surface area contributed by atoms with Gasteiger partial charge in [0, 0.05) is 11.1 Å². The van der Waals surface area contributed by atoms with Crippen LogP contribution in [0.1, 0.15) is 6.42 Å². The van der Waals surface area contributed by atoms with Crippen LogP contribution < -0.4 is 10.6 Å². The van der Waals surface area contributed by atoms with Crippen molar-refractivity contribution in [3.63, 3.8) is 0 Å². The van der Waals surface area contributed by atoms with Crippen LogP contribution in [0.5, 0.6) is 0 Å². The molecular weight excluding hydrogens is 282 g/mol. The topological polar surface area (TPSA) is 50.9 Å². The number of ether oxygens (including phenoxy) is 1. The zero-order valence-corrected chi connectivity index (χ0v) is 11.0. The lowest BCUT2D eigenvalue weighted by Crippen LogP contribution is -2.52. The van der Waals surface area contributed by atoms with E-state index in [-0.39, 0.29) is 5.54 Å². The second kappa shape index (κ2) is 3.99. The highest BCUT2D eigenvalue weighted by atomic mass is 79.9. The monoisotopic (exact) mass is 295 g/mol. The summed E-state index contributed by atoms with van der Waals surface area (Å²) in [5.74, 6) is 0.586. The first-order valence-electron chi connectivity index (χ1n) is 5.65. The number of anilines is 1. The lowest BCUT2D eigenvalue weighted by atomic mass is 9.97. The van der Waals surface area contributed by atoms with Crippen LogP contribution in [-0.2, 0) is 4.74 Å². The van der Waals surface area contributed by atoms with Gasteiger partial charge in [0.1, 0.15) is 0 Å². The number of hydrogen-bond donors (Lipinski definition) is 1. The largest absolute Gasteiger partial charge is 0.379 e. The van der Waals surface area contributed by atoms with Crippen LogP contribution in [0.4, 0.5) is 5.69 Å². The Morgan fingerprint density at radius 1 is 1.41 bits per heavy atom. The molecule has 90 valence electrons. The summed E-state index contributed by atoms with van der Waals surface area (Å²) in [7, 11) is 0. The number of para-hydroxylation sites is 1. The maximum atomic E-state index is 6.03. The smallest absolute Gasteiger partial charge is 0.196 e. The maximum Gasteiger partial charge on any atom is 0.196 e. The molecule has 1 saturated heterocycles. The second-order valence-electron chi connectivity index (χ2n) is 4.49. The normalized spacial score (nSPS) is 27.8. The van der Waals surface area contributed by atoms with Crippen LogP contribution >= 0.6 is 15.9 Å². The van der Waals surface area contributed by atoms with Crippen molar-refractivity contribution in [3.05, 3.63) is 28.7 Å². The lowest BCUT2D eigenvalue weighted by Gasteiger charge is -2.35. The molecule has 4 nitrogen and oxygen atoms in total. The van der Waals surface area contributed by atoms with Crippen molar-refractivity contribution in [3.8, 4) is 0 Å². The van der Waals surface area contributed by atoms with Crippen LogP contribution in [0, 0.1) is 0 Å². The molecule has 2 aliphatic heterocycles. The number of nitrogens with zero attached hydrogens (tertiary/aromatic N) is 2. The van der Waals surface area contributed by atoms with Gasteiger partial charge in [-0.3, -0.25) is 4.99 Å². The summed E-state index contributed by atoms with van der Waals surface area (Å²) in [6.45, 7) is 2.20. The average Bonchev–Trinajstić information content (AvgIpc) is 2.90. The van der Waals surface area contributed by atoms with Gasteiger partial charge in [-0.15, -0.1) is 0 Å². The minimum Gasteiger partial charge on any atom is -0.379 e. The maximum absolute atomic E-state index is 6.03. The number of halogens is 1. The van der Waals surface area contributed by atoms with Gasteiger partial charge in [0.2, 0.25) is 0 Å². The molecule has 1 aromatic carbocycles. The van der Waals surface area contributed by atoms with E-state index in [0.29, 0.717) is 12.6 Å². The van der Waals surface area contributed by atoms with Crippen molar-refractivity contribution in [2.45, 2.75) is 12.0 Å². The van der Waals surface area contributed by atoms with E-state index in [4.69, 9.17) is 10.5 Å². The van der Waals surface area contributed by atoms with Crippen LogP contribution in [0.2, 0.25) is 0 Å². The molecule has 1 spiro atoms. The third-order valence-corrected chi connectivity index (χ3v) is 4.09. The molecule has 0 aromatic heterocycles. The Labute approximate surface area is 109 Å². The van der Waals surface area contributed by atoms with Crippen LogP contribution in [0.25, 0.3) is 0 Å². The predicted octanol–water partition coefficient (Wildman–Crippen LogP) is 1.74. The van der Waals surface area contributed by atoms with E-state index in [0.717, 1.165) is 29.7 Å². The Hall–Kier alpha value is -1.07. The van der Waals surface area contributed by atoms with Gasteiger partial charge in [0.25, 0.3) is 0 Å². The molecule has 0 bridgehead atoms. The van der Waals surface area contributed by atoms with Gasteiger partial charge in [0.15, 0.2) is 5.96 Å². The second-order valence-corrected chi connectivity index (χ2v) is 5.34. The Balaban J connectivity index is 2.05. The highest BCUT2D eigenvalue weighted by Gasteiger charge is 2.46. The average molecular weight is 296 g/mol. The summed E-state index contributed by atoms with van der Waals surface area (Å²) in [4.78, 5) is 6.51. The number of guanidine groups is 1. The molecule has 5 heteroatoms. The summed E-state index contributed by atoms with van der Waals surface area (Å²) in [6, 6.07) is 8.08. The Morgan fingerprint density at radius 2 is 2.24 bits per heavy atom. The standard InChI is InChI=1S/C12H14BrN3O/c13-9-3-1-2-4-10(9)16-11(14)15-7-12(16)5-6-17-8-12/h1-4H,5-8H2,(H2,14,15). The summed E-state index contributed by atoms with van der Waals surface area (Å²) in [6.07, 6.45) is 0.971. The molecule has 2 heterocycles. The molecule has 2 aliphatic rings. The zero-order chi connectivity index (χ0) is 11.9. The molecule has 1 atom stereocenters. The van der Waals surface area contributed by atoms with Crippen molar-refractivity contribution in [2.24, 2.45) is 10.7 Å². The van der Waals surface area contributed by atoms with E-state index in [1.807, 2.05) is 18.2 Å². The molecule has 0 saturated carbocycles. The summed E-state index contributed by atoms with van der Waals surface area (Å²) in [5, 5.41) is 0. The Morgan fingerprint density at radius 3 is 2.94 bits per heavy atom. The SMILES string of the molecule is NC1=NCC2(CCOC2)N1c1ccccc1Br. The van der Waals surface area contributed by atoms with Crippen molar-refractivity contribution in [2.75, 3.05) is 24.7 Å². The molecule has 1 fully saturated rings. The van der Waals surface area contributed by atoms with E-state index in [1.165, 1.54) is 0 Å². The molecule has 0 amide bonds. The first-order chi connectivity index (χ1) is 8.23. The Bertz CT molecular complexity index is 469. The highest BCUT2D eigenvalue weighted by molar-refractivity contribution is 9.10. The Kier molecular flexibility index (Phi) is 2.60. The lowest BCUT2D eigenvalue weighted by molar-refractivity contribution is 0.181. The van der Waals surface area contributed by atoms with Crippen LogP contribution in [0.3, 0.4) is 0 Å². The van der Waals surface area contributed by atoms with Crippen molar-refractivity contribution < 1.29 is 4.74 Å². The zero-order valence-electron chi connectivity index (χ0n) is 9.40. The molecule has 3 rings (SSSR count). The minimum atomic E-state index is -0.0754. The van der Waals surface area contributed by atoms with Gasteiger partial charge in [-0.25, -0.2) is 0 Å². The third kappa shape index (κ3) is 1.65. The number of rotatable bonds is 1. The van der Waals surface area contributed by atoms with Gasteiger partial charge in [-0.1, -0.05) is 12.1 Å². The molecule has 0 radical (unpaired) electrons. The first-order valence-corrected chi connectivity index (χ1v) is 6.45. The van der Waals surface area contributed by atoms with Gasteiger partial charge in [-0.05, 0) is 34.5 Å². The van der Waals surface area contributed by atoms with E-state index in [2.05, 4.69) is 31.9 Å². The predicted molar refractivity (Wildman–Crippen MR) is 71.3 cm³/mol. The minimum absolute atomic E-state index is 0.0754. The molecule has 0 aliphatic carbocycles. The van der Waals surface area contributed by atoms with Gasteiger partial charge >= 0.3 is 0 Å². The summed E-state index contributed by atoms with van der Waals surface area (Å²) >= 11 is 3.57. The highest BCUT2D eigenvalue weighted by Crippen LogP contribution is 2.38. The van der Waals surface area contributed by atoms with Gasteiger partial charge < -0.3 is 15.4 Å². The summed E-state index contributed by atoms with van der Waals surface area (Å²) < 4.78 is 6.57. The van der Waals surface area contributed by atoms with E-state index in [9.17, 15) is 0 Å². The fourth-order valence-electron chi connectivity index (χ4n) is 2.52. The van der Waals surface area contributed by atoms with Crippen LogP contribution in [-0.4, -0.2) is 31.3 Å². The quantitative estimate of drug-likeness (QED) is 0.859. The number of benzene rings is 1. The first kappa shape index (κ1) is 11.0. The van der Waals surface area contributed by atoms with Gasteiger partial charge in [-0.2, -0.15) is 0 Å². The van der Waals surface area contributed by atoms with E-state index in [1.54, 1.807) is 0 Å². The van der Waals surface area contributed by atoms with Gasteiger partial charge in [0.05, 0.1) is 24.4 Å². The molecule has 1 unspecified atom stereocenters. The molecule has 2 N–H and O–H groups in total. The number of aliphatic imine (C=N–C) groups is 1.